The van der Waals surface area contributed by atoms with Crippen molar-refractivity contribution in [2.75, 3.05) is 16.8 Å². The van der Waals surface area contributed by atoms with Crippen LogP contribution in [-0.2, 0) is 19.1 Å². The first kappa shape index (κ1) is 21.4. The van der Waals surface area contributed by atoms with E-state index in [1.807, 2.05) is 6.92 Å². The predicted molar refractivity (Wildman–Crippen MR) is 122 cm³/mol. The Morgan fingerprint density at radius 1 is 1.09 bits per heavy atom. The summed E-state index contributed by atoms with van der Waals surface area (Å²) in [6, 6.07) is 12.8. The van der Waals surface area contributed by atoms with Crippen LogP contribution < -0.4 is 10.2 Å². The van der Waals surface area contributed by atoms with Crippen LogP contribution in [0.15, 0.2) is 60.2 Å². The number of halogens is 1. The molecule has 0 aromatic heterocycles. The summed E-state index contributed by atoms with van der Waals surface area (Å²) in [7, 11) is 0. The highest BCUT2D eigenvalue weighted by molar-refractivity contribution is 6.30. The quantitative estimate of drug-likeness (QED) is 0.412. The van der Waals surface area contributed by atoms with Crippen molar-refractivity contribution in [2.24, 2.45) is 23.7 Å². The molecule has 3 amide bonds. The number of ether oxygens (including phenoxy) is 1. The molecule has 1 N–H and O–H groups in total. The molecule has 0 unspecified atom stereocenters. The number of allylic oxidation sites excluding steroid dienone is 2. The van der Waals surface area contributed by atoms with Gasteiger partial charge in [-0.15, -0.1) is 0 Å². The minimum atomic E-state index is -0.727. The number of benzene rings is 2. The fourth-order valence-electron chi connectivity index (χ4n) is 5.28. The van der Waals surface area contributed by atoms with Crippen LogP contribution in [0.1, 0.15) is 23.7 Å². The molecular formula is C25H21ClN2O5. The highest BCUT2D eigenvalue weighted by Crippen LogP contribution is 2.55. The second-order valence-corrected chi connectivity index (χ2v) is 9.10. The van der Waals surface area contributed by atoms with Crippen LogP contribution in [0.25, 0.3) is 0 Å². The average Bonchev–Trinajstić information content (AvgIpc) is 3.42. The summed E-state index contributed by atoms with van der Waals surface area (Å²) in [6.45, 7) is 1.52. The monoisotopic (exact) mass is 464 g/mol. The number of rotatable bonds is 5. The average molecular weight is 465 g/mol. The van der Waals surface area contributed by atoms with E-state index in [-0.39, 0.29) is 41.0 Å². The van der Waals surface area contributed by atoms with Crippen LogP contribution in [-0.4, -0.2) is 30.3 Å². The van der Waals surface area contributed by atoms with Gasteiger partial charge in [0.2, 0.25) is 11.8 Å². The summed E-state index contributed by atoms with van der Waals surface area (Å²) in [5.74, 6) is -2.09. The molecule has 33 heavy (non-hydrogen) atoms. The van der Waals surface area contributed by atoms with E-state index in [0.717, 1.165) is 6.42 Å². The van der Waals surface area contributed by atoms with Crippen molar-refractivity contribution < 1.29 is 23.9 Å². The molecule has 7 nitrogen and oxygen atoms in total. The zero-order valence-electron chi connectivity index (χ0n) is 17.8. The Morgan fingerprint density at radius 2 is 1.85 bits per heavy atom. The Bertz CT molecular complexity index is 1220. The number of hydrogen-bond donors (Lipinski definition) is 1. The molecular weight excluding hydrogens is 444 g/mol. The summed E-state index contributed by atoms with van der Waals surface area (Å²) in [5.41, 5.74) is 2.16. The lowest BCUT2D eigenvalue weighted by atomic mass is 9.82. The van der Waals surface area contributed by atoms with E-state index in [9.17, 15) is 19.2 Å². The first-order valence-electron chi connectivity index (χ1n) is 10.7. The minimum Gasteiger partial charge on any atom is -0.452 e. The van der Waals surface area contributed by atoms with Crippen molar-refractivity contribution in [3.8, 4) is 0 Å². The van der Waals surface area contributed by atoms with Crippen LogP contribution in [0.2, 0.25) is 5.02 Å². The molecule has 2 bridgehead atoms. The number of nitrogens with one attached hydrogen (secondary N) is 1. The topological polar surface area (TPSA) is 92.8 Å². The van der Waals surface area contributed by atoms with E-state index in [2.05, 4.69) is 11.4 Å². The van der Waals surface area contributed by atoms with Crippen LogP contribution in [0.5, 0.6) is 0 Å². The highest BCUT2D eigenvalue weighted by Gasteiger charge is 2.60. The van der Waals surface area contributed by atoms with Crippen molar-refractivity contribution >= 4 is 46.7 Å². The van der Waals surface area contributed by atoms with Gasteiger partial charge in [0.25, 0.3) is 5.91 Å². The Hall–Kier alpha value is -3.45. The molecule has 1 saturated carbocycles. The molecule has 2 aliphatic carbocycles. The first-order chi connectivity index (χ1) is 15.8. The third kappa shape index (κ3) is 3.72. The first-order valence-corrected chi connectivity index (χ1v) is 11.1. The van der Waals surface area contributed by atoms with Gasteiger partial charge >= 0.3 is 5.97 Å². The van der Waals surface area contributed by atoms with E-state index in [4.69, 9.17) is 16.3 Å². The zero-order valence-corrected chi connectivity index (χ0v) is 18.5. The van der Waals surface area contributed by atoms with Gasteiger partial charge in [0.1, 0.15) is 0 Å². The molecule has 3 aliphatic rings. The third-order valence-corrected chi connectivity index (χ3v) is 6.90. The van der Waals surface area contributed by atoms with Gasteiger partial charge in [-0.2, -0.15) is 0 Å². The fourth-order valence-corrected chi connectivity index (χ4v) is 5.47. The van der Waals surface area contributed by atoms with Crippen molar-refractivity contribution in [2.45, 2.75) is 13.3 Å². The molecule has 1 heterocycles. The normalized spacial score (nSPS) is 25.2. The van der Waals surface area contributed by atoms with Crippen LogP contribution in [0, 0.1) is 23.7 Å². The van der Waals surface area contributed by atoms with Gasteiger partial charge in [-0.25, -0.2) is 9.69 Å². The molecule has 0 spiro atoms. The number of nitrogens with zero attached hydrogens (tertiary/aromatic N) is 1. The molecule has 168 valence electrons. The van der Waals surface area contributed by atoms with Crippen LogP contribution in [0.4, 0.5) is 11.4 Å². The number of fused-ring (bicyclic) bond motifs is 5. The van der Waals surface area contributed by atoms with E-state index < -0.39 is 18.5 Å². The van der Waals surface area contributed by atoms with Gasteiger partial charge in [-0.1, -0.05) is 35.4 Å². The minimum absolute atomic E-state index is 0.104. The number of imide groups is 1. The molecule has 2 aromatic carbocycles. The Balaban J connectivity index is 1.26. The number of anilines is 2. The Kier molecular flexibility index (Phi) is 5.29. The van der Waals surface area contributed by atoms with E-state index >= 15 is 0 Å². The maximum Gasteiger partial charge on any atom is 0.338 e. The van der Waals surface area contributed by atoms with Crippen LogP contribution >= 0.6 is 11.6 Å². The number of carbonyl (C=O) groups is 4. The molecule has 5 rings (SSSR count). The van der Waals surface area contributed by atoms with Gasteiger partial charge < -0.3 is 10.1 Å². The zero-order chi connectivity index (χ0) is 23.3. The molecule has 8 heteroatoms. The smallest absolute Gasteiger partial charge is 0.338 e. The summed E-state index contributed by atoms with van der Waals surface area (Å²) in [6.07, 6.45) is 2.97. The van der Waals surface area contributed by atoms with Gasteiger partial charge in [0, 0.05) is 10.7 Å². The molecule has 2 aromatic rings. The highest BCUT2D eigenvalue weighted by atomic mass is 35.5. The third-order valence-electron chi connectivity index (χ3n) is 6.66. The maximum absolute atomic E-state index is 13.1. The molecule has 1 aliphatic heterocycles. The van der Waals surface area contributed by atoms with Gasteiger partial charge in [0.05, 0.1) is 23.1 Å². The summed E-state index contributed by atoms with van der Waals surface area (Å²) >= 11 is 5.89. The standard InChI is InChI=1S/C25H21ClN2O5/c1-13-8-15-10-19(13)22-21(15)23(30)28(24(22)31)18-7-2-4-14(9-18)25(32)33-12-20(29)27-17-6-3-5-16(26)11-17/h2-9,11,15,19,21-22H,10,12H2,1H3,(H,27,29)/t15-,19+,21+,22-/m0/s1. The van der Waals surface area contributed by atoms with Gasteiger partial charge in [0.15, 0.2) is 6.61 Å². The number of esters is 1. The van der Waals surface area contributed by atoms with Crippen molar-refractivity contribution in [3.05, 3.63) is 70.8 Å². The van der Waals surface area contributed by atoms with E-state index in [1.165, 1.54) is 22.6 Å². The SMILES string of the molecule is CC1=C[C@H]2C[C@H]1[C@@H]1C(=O)N(c3cccc(C(=O)OCC(=O)Nc4cccc(Cl)c4)c3)C(=O)[C@@H]12. The van der Waals surface area contributed by atoms with Crippen molar-refractivity contribution in [3.63, 3.8) is 0 Å². The molecule has 1 saturated heterocycles. The molecule has 0 radical (unpaired) electrons. The fraction of sp³-hybridized carbons (Fsp3) is 0.280. The number of amides is 3. The van der Waals surface area contributed by atoms with Gasteiger partial charge in [-0.3, -0.25) is 14.4 Å². The van der Waals surface area contributed by atoms with Crippen molar-refractivity contribution in [1.29, 1.82) is 0 Å². The number of hydrogen-bond acceptors (Lipinski definition) is 5. The second kappa shape index (κ2) is 8.15. The van der Waals surface area contributed by atoms with Crippen LogP contribution in [0.3, 0.4) is 0 Å². The predicted octanol–water partition coefficient (Wildman–Crippen LogP) is 3.84. The molecule has 4 atom stereocenters. The maximum atomic E-state index is 13.1. The second-order valence-electron chi connectivity index (χ2n) is 8.67. The largest absolute Gasteiger partial charge is 0.452 e. The van der Waals surface area contributed by atoms with E-state index in [0.29, 0.717) is 16.4 Å². The van der Waals surface area contributed by atoms with Gasteiger partial charge in [-0.05, 0) is 61.6 Å². The summed E-state index contributed by atoms with van der Waals surface area (Å²) < 4.78 is 5.12. The Labute approximate surface area is 195 Å². The lowest BCUT2D eigenvalue weighted by Gasteiger charge is -2.19. The summed E-state index contributed by atoms with van der Waals surface area (Å²) in [4.78, 5) is 52.0. The number of carbonyl (C=O) groups excluding carboxylic acids is 4. The summed E-state index contributed by atoms with van der Waals surface area (Å²) in [5, 5.41) is 3.06. The van der Waals surface area contributed by atoms with E-state index in [1.54, 1.807) is 36.4 Å². The lowest BCUT2D eigenvalue weighted by molar-refractivity contribution is -0.123. The van der Waals surface area contributed by atoms with Crippen molar-refractivity contribution in [1.82, 2.24) is 0 Å². The lowest BCUT2D eigenvalue weighted by Crippen LogP contribution is -2.33. The Morgan fingerprint density at radius 3 is 2.64 bits per heavy atom. The molecule has 2 fully saturated rings.